The van der Waals surface area contributed by atoms with Crippen LogP contribution in [0.25, 0.3) is 0 Å². The van der Waals surface area contributed by atoms with E-state index in [-0.39, 0.29) is 0 Å². The first kappa shape index (κ1) is 36.4. The molecule has 1 heterocycles. The Hall–Kier alpha value is -0.660. The first-order valence-electron chi connectivity index (χ1n) is 18.5. The summed E-state index contributed by atoms with van der Waals surface area (Å²) < 4.78 is 0. The van der Waals surface area contributed by atoms with Gasteiger partial charge in [-0.1, -0.05) is 181 Å². The van der Waals surface area contributed by atoms with Crippen molar-refractivity contribution in [3.63, 3.8) is 0 Å². The molecule has 0 aromatic rings. The molecule has 39 heavy (non-hydrogen) atoms. The van der Waals surface area contributed by atoms with Crippen molar-refractivity contribution in [2.75, 3.05) is 13.1 Å². The third kappa shape index (κ3) is 21.7. The van der Waals surface area contributed by atoms with Gasteiger partial charge in [-0.25, -0.2) is 0 Å². The van der Waals surface area contributed by atoms with Gasteiger partial charge in [0.1, 0.15) is 6.17 Å². The van der Waals surface area contributed by atoms with Gasteiger partial charge < -0.3 is 9.80 Å². The van der Waals surface area contributed by atoms with Crippen LogP contribution in [0, 0.1) is 0 Å². The molecule has 232 valence electrons. The fourth-order valence-corrected chi connectivity index (χ4v) is 6.36. The van der Waals surface area contributed by atoms with Crippen molar-refractivity contribution in [3.8, 4) is 0 Å². The molecular weight excluding hydrogens is 472 g/mol. The van der Waals surface area contributed by atoms with E-state index >= 15 is 0 Å². The normalized spacial score (nSPS) is 15.2. The Morgan fingerprint density at radius 1 is 0.333 bits per heavy atom. The first-order chi connectivity index (χ1) is 19.3. The van der Waals surface area contributed by atoms with Crippen LogP contribution in [0.2, 0.25) is 0 Å². The smallest absolute Gasteiger partial charge is 0.101 e. The molecule has 1 aliphatic heterocycles. The zero-order valence-corrected chi connectivity index (χ0v) is 27.5. The Morgan fingerprint density at radius 2 is 0.590 bits per heavy atom. The number of unbranched alkanes of at least 4 members (excludes halogenated alkanes) is 25. The van der Waals surface area contributed by atoms with Crippen molar-refractivity contribution in [1.29, 1.82) is 0 Å². The molecule has 0 aromatic carbocycles. The van der Waals surface area contributed by atoms with Crippen molar-refractivity contribution >= 4 is 0 Å². The van der Waals surface area contributed by atoms with Crippen molar-refractivity contribution in [2.24, 2.45) is 0 Å². The summed E-state index contributed by atoms with van der Waals surface area (Å²) in [6.45, 7) is 9.47. The van der Waals surface area contributed by atoms with E-state index in [1.165, 1.54) is 199 Å². The van der Waals surface area contributed by atoms with Crippen molar-refractivity contribution < 1.29 is 0 Å². The summed E-state index contributed by atoms with van der Waals surface area (Å²) in [5.41, 5.74) is 0. The van der Waals surface area contributed by atoms with Crippen LogP contribution in [-0.2, 0) is 0 Å². The minimum Gasteiger partial charge on any atom is -0.356 e. The van der Waals surface area contributed by atoms with Crippen molar-refractivity contribution in [1.82, 2.24) is 9.80 Å². The van der Waals surface area contributed by atoms with Crippen LogP contribution in [0.15, 0.2) is 12.4 Å². The number of hydrogen-bond donors (Lipinski definition) is 0. The fourth-order valence-electron chi connectivity index (χ4n) is 6.36. The van der Waals surface area contributed by atoms with Crippen molar-refractivity contribution in [3.05, 3.63) is 12.4 Å². The summed E-state index contributed by atoms with van der Waals surface area (Å²) in [7, 11) is 0. The summed E-state index contributed by atoms with van der Waals surface area (Å²) in [6.07, 6.45) is 47.0. The Balaban J connectivity index is 2.17. The molecule has 1 atom stereocenters. The van der Waals surface area contributed by atoms with Gasteiger partial charge in [0.25, 0.3) is 0 Å². The number of hydrogen-bond acceptors (Lipinski definition) is 2. The highest BCUT2D eigenvalue weighted by atomic mass is 15.4. The lowest BCUT2D eigenvalue weighted by molar-refractivity contribution is 0.135. The second-order valence-corrected chi connectivity index (χ2v) is 12.9. The molecule has 1 aliphatic rings. The monoisotopic (exact) mass is 547 g/mol. The molecule has 2 nitrogen and oxygen atoms in total. The summed E-state index contributed by atoms with van der Waals surface area (Å²) in [5, 5.41) is 0. The Kier molecular flexibility index (Phi) is 26.9. The van der Waals surface area contributed by atoms with Gasteiger partial charge >= 0.3 is 0 Å². The Labute approximate surface area is 248 Å². The van der Waals surface area contributed by atoms with Gasteiger partial charge in [0.05, 0.1) is 0 Å². The highest BCUT2D eigenvalue weighted by Crippen LogP contribution is 2.24. The highest BCUT2D eigenvalue weighted by molar-refractivity contribution is 4.97. The molecule has 0 aromatic heterocycles. The van der Waals surface area contributed by atoms with Gasteiger partial charge in [-0.2, -0.15) is 0 Å². The maximum Gasteiger partial charge on any atom is 0.101 e. The average molecular weight is 547 g/mol. The zero-order valence-electron chi connectivity index (χ0n) is 27.5. The van der Waals surface area contributed by atoms with E-state index in [1.807, 2.05) is 0 Å². The lowest BCUT2D eigenvalue weighted by Crippen LogP contribution is -2.39. The molecule has 0 N–H and O–H groups in total. The van der Waals surface area contributed by atoms with E-state index in [4.69, 9.17) is 0 Å². The molecule has 1 unspecified atom stereocenters. The van der Waals surface area contributed by atoms with Crippen molar-refractivity contribution in [2.45, 2.75) is 213 Å². The number of rotatable bonds is 31. The third-order valence-corrected chi connectivity index (χ3v) is 9.07. The summed E-state index contributed by atoms with van der Waals surface area (Å²) in [5.74, 6) is 0. The standard InChI is InChI=1S/C37H74N2/c1-4-7-10-13-15-17-19-20-21-23-25-28-31-34-39-36-35-38(33-30-27-12-9-6-3)37(39)32-29-26-24-22-18-16-14-11-8-5-2/h35-37H,4-34H2,1-3H3. The quantitative estimate of drug-likeness (QED) is 0.0798. The Bertz CT molecular complexity index is 502. The maximum atomic E-state index is 2.71. The molecule has 0 spiro atoms. The van der Waals surface area contributed by atoms with Gasteiger partial charge in [0.2, 0.25) is 0 Å². The molecule has 1 rings (SSSR count). The van der Waals surface area contributed by atoms with Gasteiger partial charge in [0, 0.05) is 25.5 Å². The van der Waals surface area contributed by atoms with E-state index in [2.05, 4.69) is 43.0 Å². The molecule has 0 amide bonds. The van der Waals surface area contributed by atoms with Crippen LogP contribution in [0.5, 0.6) is 0 Å². The second kappa shape index (κ2) is 28.9. The molecule has 0 radical (unpaired) electrons. The van der Waals surface area contributed by atoms with Crippen LogP contribution < -0.4 is 0 Å². The topological polar surface area (TPSA) is 6.48 Å². The fraction of sp³-hybridized carbons (Fsp3) is 0.946. The van der Waals surface area contributed by atoms with Crippen LogP contribution in [-0.4, -0.2) is 29.1 Å². The van der Waals surface area contributed by atoms with Gasteiger partial charge in [0.15, 0.2) is 0 Å². The van der Waals surface area contributed by atoms with Crippen LogP contribution in [0.1, 0.15) is 207 Å². The van der Waals surface area contributed by atoms with E-state index < -0.39 is 0 Å². The predicted molar refractivity (Wildman–Crippen MR) is 177 cm³/mol. The minimum atomic E-state index is 0.641. The van der Waals surface area contributed by atoms with Crippen LogP contribution in [0.3, 0.4) is 0 Å². The zero-order chi connectivity index (χ0) is 28.1. The molecule has 0 aliphatic carbocycles. The molecule has 0 saturated carbocycles. The lowest BCUT2D eigenvalue weighted by atomic mass is 10.0. The predicted octanol–water partition coefficient (Wildman–Crippen LogP) is 12.8. The van der Waals surface area contributed by atoms with E-state index in [0.717, 1.165) is 0 Å². The van der Waals surface area contributed by atoms with Crippen LogP contribution >= 0.6 is 0 Å². The molecule has 2 heteroatoms. The van der Waals surface area contributed by atoms with E-state index in [1.54, 1.807) is 0 Å². The third-order valence-electron chi connectivity index (χ3n) is 9.07. The SMILES string of the molecule is CCCCCCCCCCCCCCCN1C=CN(CCCCCCC)C1CCCCCCCCCCCC. The summed E-state index contributed by atoms with van der Waals surface area (Å²) >= 11 is 0. The van der Waals surface area contributed by atoms with Gasteiger partial charge in [-0.15, -0.1) is 0 Å². The summed E-state index contributed by atoms with van der Waals surface area (Å²) in [4.78, 5) is 5.40. The maximum absolute atomic E-state index is 2.71. The minimum absolute atomic E-state index is 0.641. The van der Waals surface area contributed by atoms with E-state index in [9.17, 15) is 0 Å². The molecule has 0 saturated heterocycles. The first-order valence-corrected chi connectivity index (χ1v) is 18.5. The van der Waals surface area contributed by atoms with E-state index in [0.29, 0.717) is 6.17 Å². The number of nitrogens with zero attached hydrogens (tertiary/aromatic N) is 2. The largest absolute Gasteiger partial charge is 0.356 e. The molecular formula is C37H74N2. The molecule has 0 fully saturated rings. The lowest BCUT2D eigenvalue weighted by Gasteiger charge is -2.33. The van der Waals surface area contributed by atoms with Gasteiger partial charge in [-0.3, -0.25) is 0 Å². The van der Waals surface area contributed by atoms with Gasteiger partial charge in [-0.05, 0) is 25.7 Å². The Morgan fingerprint density at radius 3 is 0.897 bits per heavy atom. The average Bonchev–Trinajstić information content (AvgIpc) is 3.33. The summed E-state index contributed by atoms with van der Waals surface area (Å²) in [6, 6.07) is 0. The van der Waals surface area contributed by atoms with Crippen LogP contribution in [0.4, 0.5) is 0 Å². The second-order valence-electron chi connectivity index (χ2n) is 12.9. The highest BCUT2D eigenvalue weighted by Gasteiger charge is 2.24. The molecule has 0 bridgehead atoms.